The molecule has 1 aromatic rings. The quantitative estimate of drug-likeness (QED) is 0.754. The molecule has 14 heavy (non-hydrogen) atoms. The van der Waals surface area contributed by atoms with Crippen molar-refractivity contribution in [1.82, 2.24) is 5.32 Å². The van der Waals surface area contributed by atoms with E-state index in [9.17, 15) is 0 Å². The molecule has 1 aliphatic carbocycles. The lowest BCUT2D eigenvalue weighted by atomic mass is 9.98. The molecule has 0 saturated heterocycles. The monoisotopic (exact) mass is 189 g/mol. The van der Waals surface area contributed by atoms with E-state index in [0.717, 1.165) is 6.54 Å². The molecule has 0 heterocycles. The first-order chi connectivity index (χ1) is 6.74. The van der Waals surface area contributed by atoms with E-state index in [2.05, 4.69) is 38.2 Å². The molecule has 2 rings (SSSR count). The van der Waals surface area contributed by atoms with Crippen molar-refractivity contribution >= 4 is 0 Å². The van der Waals surface area contributed by atoms with Crippen LogP contribution in [-0.2, 0) is 6.42 Å². The largest absolute Gasteiger partial charge is 0.310 e. The normalized spacial score (nSPS) is 19.8. The predicted octanol–water partition coefficient (Wildman–Crippen LogP) is 2.90. The minimum absolute atomic E-state index is 0.606. The second kappa shape index (κ2) is 3.74. The lowest BCUT2D eigenvalue weighted by Gasteiger charge is -2.15. The van der Waals surface area contributed by atoms with Crippen LogP contribution in [0.1, 0.15) is 41.6 Å². The summed E-state index contributed by atoms with van der Waals surface area (Å²) in [5.74, 6) is 0. The van der Waals surface area contributed by atoms with Gasteiger partial charge in [0.15, 0.2) is 0 Å². The number of nitrogens with one attached hydrogen (secondary N) is 1. The summed E-state index contributed by atoms with van der Waals surface area (Å²) in [5, 5.41) is 3.57. The molecule has 76 valence electrons. The van der Waals surface area contributed by atoms with Gasteiger partial charge in [0.2, 0.25) is 0 Å². The maximum atomic E-state index is 3.57. The fourth-order valence-electron chi connectivity index (χ4n) is 2.59. The van der Waals surface area contributed by atoms with Crippen LogP contribution in [0.3, 0.4) is 0 Å². The summed E-state index contributed by atoms with van der Waals surface area (Å²) < 4.78 is 0. The Morgan fingerprint density at radius 1 is 1.29 bits per heavy atom. The number of benzene rings is 1. The van der Waals surface area contributed by atoms with E-state index in [1.165, 1.54) is 24.0 Å². The number of hydrogen-bond acceptors (Lipinski definition) is 1. The highest BCUT2D eigenvalue weighted by atomic mass is 14.9. The molecule has 1 heteroatoms. The van der Waals surface area contributed by atoms with E-state index in [1.54, 1.807) is 11.1 Å². The standard InChI is InChI=1S/C13H19N/c1-4-14-12-8-7-11-9(2)5-6-10(3)13(11)12/h5-6,12,14H,4,7-8H2,1-3H3. The summed E-state index contributed by atoms with van der Waals surface area (Å²) in [6.45, 7) is 7.71. The average Bonchev–Trinajstić information content (AvgIpc) is 2.58. The number of hydrogen-bond donors (Lipinski definition) is 1. The molecule has 1 atom stereocenters. The molecule has 0 aliphatic heterocycles. The Kier molecular flexibility index (Phi) is 2.60. The third kappa shape index (κ3) is 1.46. The highest BCUT2D eigenvalue weighted by Gasteiger charge is 2.24. The molecule has 1 N–H and O–H groups in total. The van der Waals surface area contributed by atoms with Crippen LogP contribution in [0.2, 0.25) is 0 Å². The number of rotatable bonds is 2. The van der Waals surface area contributed by atoms with E-state index in [1.807, 2.05) is 0 Å². The van der Waals surface area contributed by atoms with Crippen molar-refractivity contribution in [2.75, 3.05) is 6.54 Å². The summed E-state index contributed by atoms with van der Waals surface area (Å²) in [7, 11) is 0. The first-order valence-electron chi connectivity index (χ1n) is 5.56. The Hall–Kier alpha value is -0.820. The maximum absolute atomic E-state index is 3.57. The average molecular weight is 189 g/mol. The molecule has 0 saturated carbocycles. The van der Waals surface area contributed by atoms with Crippen molar-refractivity contribution in [3.63, 3.8) is 0 Å². The van der Waals surface area contributed by atoms with Gasteiger partial charge in [-0.05, 0) is 55.5 Å². The zero-order valence-electron chi connectivity index (χ0n) is 9.35. The SMILES string of the molecule is CCNC1CCc2c(C)ccc(C)c21. The summed E-state index contributed by atoms with van der Waals surface area (Å²) in [5.41, 5.74) is 6.09. The molecule has 1 aromatic carbocycles. The second-order valence-electron chi connectivity index (χ2n) is 4.24. The predicted molar refractivity (Wildman–Crippen MR) is 60.7 cm³/mol. The Balaban J connectivity index is 2.42. The molecule has 0 fully saturated rings. The van der Waals surface area contributed by atoms with Gasteiger partial charge in [-0.3, -0.25) is 0 Å². The molecular formula is C13H19N. The van der Waals surface area contributed by atoms with Crippen LogP contribution >= 0.6 is 0 Å². The minimum atomic E-state index is 0.606. The lowest BCUT2D eigenvalue weighted by Crippen LogP contribution is -2.19. The van der Waals surface area contributed by atoms with Gasteiger partial charge in [0.05, 0.1) is 0 Å². The van der Waals surface area contributed by atoms with E-state index in [0.29, 0.717) is 6.04 Å². The van der Waals surface area contributed by atoms with Crippen LogP contribution in [0.25, 0.3) is 0 Å². The van der Waals surface area contributed by atoms with Crippen molar-refractivity contribution in [1.29, 1.82) is 0 Å². The maximum Gasteiger partial charge on any atom is 0.0328 e. The van der Waals surface area contributed by atoms with Crippen LogP contribution in [-0.4, -0.2) is 6.54 Å². The Bertz CT molecular complexity index is 341. The van der Waals surface area contributed by atoms with Crippen LogP contribution < -0.4 is 5.32 Å². The molecule has 0 spiro atoms. The third-order valence-electron chi connectivity index (χ3n) is 3.29. The molecule has 1 nitrogen and oxygen atoms in total. The van der Waals surface area contributed by atoms with Crippen molar-refractivity contribution in [3.8, 4) is 0 Å². The Morgan fingerprint density at radius 3 is 2.71 bits per heavy atom. The van der Waals surface area contributed by atoms with E-state index < -0.39 is 0 Å². The molecular weight excluding hydrogens is 170 g/mol. The van der Waals surface area contributed by atoms with Crippen molar-refractivity contribution in [2.24, 2.45) is 0 Å². The Morgan fingerprint density at radius 2 is 2.00 bits per heavy atom. The third-order valence-corrected chi connectivity index (χ3v) is 3.29. The molecule has 1 aliphatic rings. The van der Waals surface area contributed by atoms with Crippen LogP contribution in [0, 0.1) is 13.8 Å². The molecule has 1 unspecified atom stereocenters. The highest BCUT2D eigenvalue weighted by molar-refractivity contribution is 5.45. The number of aryl methyl sites for hydroxylation is 2. The van der Waals surface area contributed by atoms with Gasteiger partial charge in [-0.1, -0.05) is 19.1 Å². The van der Waals surface area contributed by atoms with Crippen molar-refractivity contribution in [2.45, 2.75) is 39.7 Å². The van der Waals surface area contributed by atoms with Gasteiger partial charge < -0.3 is 5.32 Å². The molecule has 0 bridgehead atoms. The fourth-order valence-corrected chi connectivity index (χ4v) is 2.59. The van der Waals surface area contributed by atoms with Gasteiger partial charge in [0.1, 0.15) is 0 Å². The summed E-state index contributed by atoms with van der Waals surface area (Å²) in [6, 6.07) is 5.11. The molecule has 0 aromatic heterocycles. The van der Waals surface area contributed by atoms with E-state index >= 15 is 0 Å². The highest BCUT2D eigenvalue weighted by Crippen LogP contribution is 2.35. The van der Waals surface area contributed by atoms with Gasteiger partial charge in [-0.15, -0.1) is 0 Å². The fraction of sp³-hybridized carbons (Fsp3) is 0.538. The van der Waals surface area contributed by atoms with Gasteiger partial charge in [0, 0.05) is 6.04 Å². The van der Waals surface area contributed by atoms with Gasteiger partial charge >= 0.3 is 0 Å². The second-order valence-corrected chi connectivity index (χ2v) is 4.24. The van der Waals surface area contributed by atoms with Crippen LogP contribution in [0.4, 0.5) is 0 Å². The van der Waals surface area contributed by atoms with Crippen LogP contribution in [0.15, 0.2) is 12.1 Å². The van der Waals surface area contributed by atoms with Gasteiger partial charge in [0.25, 0.3) is 0 Å². The summed E-state index contributed by atoms with van der Waals surface area (Å²) in [4.78, 5) is 0. The first-order valence-corrected chi connectivity index (χ1v) is 5.56. The summed E-state index contributed by atoms with van der Waals surface area (Å²) in [6.07, 6.45) is 2.52. The zero-order chi connectivity index (χ0) is 10.1. The molecule has 0 amide bonds. The zero-order valence-corrected chi connectivity index (χ0v) is 9.35. The van der Waals surface area contributed by atoms with E-state index in [-0.39, 0.29) is 0 Å². The van der Waals surface area contributed by atoms with Crippen LogP contribution in [0.5, 0.6) is 0 Å². The minimum Gasteiger partial charge on any atom is -0.310 e. The smallest absolute Gasteiger partial charge is 0.0328 e. The number of fused-ring (bicyclic) bond motifs is 1. The van der Waals surface area contributed by atoms with Gasteiger partial charge in [-0.2, -0.15) is 0 Å². The van der Waals surface area contributed by atoms with Crippen molar-refractivity contribution in [3.05, 3.63) is 34.4 Å². The van der Waals surface area contributed by atoms with E-state index in [4.69, 9.17) is 0 Å². The summed E-state index contributed by atoms with van der Waals surface area (Å²) >= 11 is 0. The van der Waals surface area contributed by atoms with Crippen molar-refractivity contribution < 1.29 is 0 Å². The topological polar surface area (TPSA) is 12.0 Å². The molecule has 0 radical (unpaired) electrons. The van der Waals surface area contributed by atoms with Gasteiger partial charge in [-0.25, -0.2) is 0 Å². The first kappa shape index (κ1) is 9.72. The Labute approximate surface area is 86.5 Å². The lowest BCUT2D eigenvalue weighted by molar-refractivity contribution is 0.547.